The van der Waals surface area contributed by atoms with Crippen molar-refractivity contribution in [2.24, 2.45) is 5.10 Å². The molecule has 0 spiro atoms. The zero-order valence-corrected chi connectivity index (χ0v) is 19.7. The lowest BCUT2D eigenvalue weighted by Crippen LogP contribution is -2.19. The van der Waals surface area contributed by atoms with Gasteiger partial charge in [-0.25, -0.2) is 5.43 Å². The highest BCUT2D eigenvalue weighted by molar-refractivity contribution is 7.87. The van der Waals surface area contributed by atoms with Crippen molar-refractivity contribution >= 4 is 22.2 Å². The molecule has 3 aromatic carbocycles. The molecule has 35 heavy (non-hydrogen) atoms. The van der Waals surface area contributed by atoms with Crippen LogP contribution in [0.4, 0.5) is 0 Å². The summed E-state index contributed by atoms with van der Waals surface area (Å²) < 4.78 is 37.9. The Morgan fingerprint density at radius 1 is 0.943 bits per heavy atom. The van der Waals surface area contributed by atoms with Gasteiger partial charge in [-0.1, -0.05) is 30.3 Å². The fourth-order valence-corrected chi connectivity index (χ4v) is 4.27. The molecule has 1 N–H and O–H groups in total. The number of aromatic nitrogens is 1. The second kappa shape index (κ2) is 10.7. The average Bonchev–Trinajstić information content (AvgIpc) is 3.41. The molecule has 9 heteroatoms. The molecule has 4 aromatic rings. The molecular weight excluding hydrogens is 466 g/mol. The molecule has 8 nitrogen and oxygen atoms in total. The Bertz CT molecular complexity index is 1430. The molecule has 0 aliphatic rings. The minimum absolute atomic E-state index is 0.0380. The lowest BCUT2D eigenvalue weighted by atomic mass is 10.1. The van der Waals surface area contributed by atoms with Crippen LogP contribution < -0.4 is 14.3 Å². The van der Waals surface area contributed by atoms with Gasteiger partial charge in [0.25, 0.3) is 5.91 Å². The molecule has 178 valence electrons. The van der Waals surface area contributed by atoms with Crippen molar-refractivity contribution < 1.29 is 22.1 Å². The van der Waals surface area contributed by atoms with Crippen LogP contribution in [0.1, 0.15) is 22.8 Å². The maximum atomic E-state index is 12.7. The summed E-state index contributed by atoms with van der Waals surface area (Å²) >= 11 is 0. The predicted octanol–water partition coefficient (Wildman–Crippen LogP) is 4.41. The van der Waals surface area contributed by atoms with E-state index in [4.69, 9.17) is 8.92 Å². The van der Waals surface area contributed by atoms with E-state index in [1.54, 1.807) is 49.4 Å². The molecule has 0 bridgehead atoms. The molecule has 0 unspecified atom stereocenters. The number of hydrogen-bond acceptors (Lipinski definition) is 6. The number of nitrogens with one attached hydrogen (secondary N) is 1. The number of rotatable bonds is 9. The van der Waals surface area contributed by atoms with Crippen molar-refractivity contribution in [1.82, 2.24) is 9.99 Å². The van der Waals surface area contributed by atoms with E-state index in [9.17, 15) is 13.2 Å². The first-order valence-electron chi connectivity index (χ1n) is 10.8. The third-order valence-corrected chi connectivity index (χ3v) is 6.16. The van der Waals surface area contributed by atoms with Gasteiger partial charge in [-0.15, -0.1) is 0 Å². The molecule has 0 radical (unpaired) electrons. The molecule has 4 rings (SSSR count). The lowest BCUT2D eigenvalue weighted by Gasteiger charge is -2.12. The van der Waals surface area contributed by atoms with Gasteiger partial charge in [0.1, 0.15) is 4.90 Å². The van der Waals surface area contributed by atoms with Crippen molar-refractivity contribution in [3.05, 3.63) is 108 Å². The summed E-state index contributed by atoms with van der Waals surface area (Å²) in [5.41, 5.74) is 4.30. The molecule has 0 aliphatic heterocycles. The number of hydrogen-bond donors (Lipinski definition) is 1. The number of nitrogens with zero attached hydrogens (tertiary/aromatic N) is 2. The van der Waals surface area contributed by atoms with Gasteiger partial charge >= 0.3 is 10.1 Å². The molecule has 0 saturated carbocycles. The van der Waals surface area contributed by atoms with Gasteiger partial charge in [0.2, 0.25) is 0 Å². The van der Waals surface area contributed by atoms with Crippen LogP contribution >= 0.6 is 0 Å². The largest absolute Gasteiger partial charge is 0.490 e. The van der Waals surface area contributed by atoms with Gasteiger partial charge in [0.15, 0.2) is 11.5 Å². The van der Waals surface area contributed by atoms with E-state index in [1.165, 1.54) is 24.4 Å². The summed E-state index contributed by atoms with van der Waals surface area (Å²) in [4.78, 5) is 12.8. The summed E-state index contributed by atoms with van der Waals surface area (Å²) in [6.45, 7) is 2.08. The summed E-state index contributed by atoms with van der Waals surface area (Å²) in [5.74, 6) is -0.0812. The molecule has 1 heterocycles. The number of amides is 1. The van der Waals surface area contributed by atoms with E-state index < -0.39 is 10.1 Å². The van der Waals surface area contributed by atoms with E-state index in [0.717, 1.165) is 5.69 Å². The fourth-order valence-electron chi connectivity index (χ4n) is 3.31. The topological polar surface area (TPSA) is 99.0 Å². The number of hydrazone groups is 1. The summed E-state index contributed by atoms with van der Waals surface area (Å²) in [5, 5.41) is 4.05. The first-order valence-corrected chi connectivity index (χ1v) is 12.2. The predicted molar refractivity (Wildman–Crippen MR) is 133 cm³/mol. The highest BCUT2D eigenvalue weighted by Gasteiger charge is 2.19. The van der Waals surface area contributed by atoms with Crippen LogP contribution in [0, 0.1) is 0 Å². The lowest BCUT2D eigenvalue weighted by molar-refractivity contribution is 0.0955. The second-order valence-corrected chi connectivity index (χ2v) is 8.84. The van der Waals surface area contributed by atoms with Crippen molar-refractivity contribution in [3.63, 3.8) is 0 Å². The SMILES string of the molecule is CCOc1cc(/C=N\NC(=O)c2ccccc2-n2cccc2)ccc1OS(=O)(=O)c1ccccc1. The maximum absolute atomic E-state index is 12.7. The maximum Gasteiger partial charge on any atom is 0.339 e. The zero-order chi connectivity index (χ0) is 24.7. The second-order valence-electron chi connectivity index (χ2n) is 7.30. The Hall–Kier alpha value is -4.37. The molecule has 0 fully saturated rings. The Labute approximate surface area is 203 Å². The normalized spacial score (nSPS) is 11.3. The highest BCUT2D eigenvalue weighted by atomic mass is 32.2. The van der Waals surface area contributed by atoms with Crippen LogP contribution in [0.15, 0.2) is 107 Å². The number of benzene rings is 3. The van der Waals surface area contributed by atoms with E-state index in [0.29, 0.717) is 17.7 Å². The Morgan fingerprint density at radius 2 is 1.66 bits per heavy atom. The minimum atomic E-state index is -4.02. The third-order valence-electron chi connectivity index (χ3n) is 4.91. The number of carbonyl (C=O) groups excluding carboxylic acids is 1. The van der Waals surface area contributed by atoms with Crippen molar-refractivity contribution in [2.45, 2.75) is 11.8 Å². The quantitative estimate of drug-likeness (QED) is 0.213. The molecular formula is C26H23N3O5S. The van der Waals surface area contributed by atoms with Crippen LogP contribution in [0.25, 0.3) is 5.69 Å². The standard InChI is InChI=1S/C26H23N3O5S/c1-2-33-25-18-20(14-15-24(25)34-35(31,32)21-10-4-3-5-11-21)19-27-28-26(30)22-12-6-7-13-23(22)29-16-8-9-17-29/h3-19H,2H2,1H3,(H,28,30)/b27-19-. The van der Waals surface area contributed by atoms with Crippen LogP contribution in [-0.2, 0) is 10.1 Å². The molecule has 0 atom stereocenters. The first-order chi connectivity index (χ1) is 17.0. The third kappa shape index (κ3) is 5.77. The van der Waals surface area contributed by atoms with Gasteiger partial charge in [-0.3, -0.25) is 4.79 Å². The number of para-hydroxylation sites is 1. The van der Waals surface area contributed by atoms with Gasteiger partial charge in [0.05, 0.1) is 24.1 Å². The van der Waals surface area contributed by atoms with Gasteiger partial charge in [-0.2, -0.15) is 13.5 Å². The Balaban J connectivity index is 1.50. The minimum Gasteiger partial charge on any atom is -0.490 e. The van der Waals surface area contributed by atoms with E-state index in [-0.39, 0.29) is 22.3 Å². The molecule has 0 aliphatic carbocycles. The Kier molecular flexibility index (Phi) is 7.27. The molecule has 1 aromatic heterocycles. The van der Waals surface area contributed by atoms with Crippen LogP contribution in [0.2, 0.25) is 0 Å². The number of carbonyl (C=O) groups is 1. The first kappa shape index (κ1) is 23.8. The van der Waals surface area contributed by atoms with Gasteiger partial charge < -0.3 is 13.5 Å². The van der Waals surface area contributed by atoms with E-state index in [1.807, 2.05) is 41.2 Å². The van der Waals surface area contributed by atoms with Crippen molar-refractivity contribution in [2.75, 3.05) is 6.61 Å². The van der Waals surface area contributed by atoms with E-state index in [2.05, 4.69) is 10.5 Å². The van der Waals surface area contributed by atoms with E-state index >= 15 is 0 Å². The summed E-state index contributed by atoms with van der Waals surface area (Å²) in [7, 11) is -4.02. The summed E-state index contributed by atoms with van der Waals surface area (Å²) in [6, 6.07) is 23.5. The average molecular weight is 490 g/mol. The van der Waals surface area contributed by atoms with Crippen LogP contribution in [0.5, 0.6) is 11.5 Å². The van der Waals surface area contributed by atoms with Gasteiger partial charge in [0, 0.05) is 12.4 Å². The van der Waals surface area contributed by atoms with Gasteiger partial charge in [-0.05, 0) is 67.1 Å². The smallest absolute Gasteiger partial charge is 0.339 e. The highest BCUT2D eigenvalue weighted by Crippen LogP contribution is 2.30. The fraction of sp³-hybridized carbons (Fsp3) is 0.0769. The zero-order valence-electron chi connectivity index (χ0n) is 18.9. The summed E-state index contributed by atoms with van der Waals surface area (Å²) in [6.07, 6.45) is 5.15. The monoisotopic (exact) mass is 489 g/mol. The van der Waals surface area contributed by atoms with Crippen LogP contribution in [-0.4, -0.2) is 31.7 Å². The van der Waals surface area contributed by atoms with Crippen molar-refractivity contribution in [1.29, 1.82) is 0 Å². The molecule has 1 amide bonds. The molecule has 0 saturated heterocycles. The van der Waals surface area contributed by atoms with Crippen molar-refractivity contribution in [3.8, 4) is 17.2 Å². The number of ether oxygens (including phenoxy) is 1. The Morgan fingerprint density at radius 3 is 2.40 bits per heavy atom. The van der Waals surface area contributed by atoms with Crippen LogP contribution in [0.3, 0.4) is 0 Å².